The summed E-state index contributed by atoms with van der Waals surface area (Å²) < 4.78 is 13.2. The minimum Gasteiger partial charge on any atom is -0.271 e. The van der Waals surface area contributed by atoms with E-state index < -0.39 is 0 Å². The Balaban J connectivity index is 2.19. The maximum atomic E-state index is 13.2. The molecule has 0 aliphatic heterocycles. The van der Waals surface area contributed by atoms with E-state index in [1.54, 1.807) is 26.1 Å². The van der Waals surface area contributed by atoms with Gasteiger partial charge in [-0.15, -0.1) is 10.2 Å². The highest BCUT2D eigenvalue weighted by Crippen LogP contribution is 2.18. The Kier molecular flexibility index (Phi) is 3.63. The van der Waals surface area contributed by atoms with Gasteiger partial charge in [-0.05, 0) is 29.3 Å². The molecular formula is C11H15FN6. The van der Waals surface area contributed by atoms with Gasteiger partial charge in [0.1, 0.15) is 5.82 Å². The van der Waals surface area contributed by atoms with E-state index >= 15 is 0 Å². The highest BCUT2D eigenvalue weighted by atomic mass is 19.1. The molecule has 1 aromatic carbocycles. The minimum absolute atomic E-state index is 0.173. The van der Waals surface area contributed by atoms with Crippen LogP contribution in [0.4, 0.5) is 4.39 Å². The molecule has 2 rings (SSSR count). The maximum Gasteiger partial charge on any atom is 0.176 e. The van der Waals surface area contributed by atoms with Gasteiger partial charge in [-0.3, -0.25) is 11.3 Å². The molecule has 0 radical (unpaired) electrons. The molecule has 3 N–H and O–H groups in total. The molecule has 7 heteroatoms. The molecule has 18 heavy (non-hydrogen) atoms. The van der Waals surface area contributed by atoms with Gasteiger partial charge in [0.05, 0.1) is 13.1 Å². The molecule has 2 aromatic rings. The van der Waals surface area contributed by atoms with Crippen LogP contribution in [-0.2, 0) is 13.5 Å². The molecule has 96 valence electrons. The number of hydrogen-bond donors (Lipinski definition) is 2. The largest absolute Gasteiger partial charge is 0.271 e. The first-order valence-electron chi connectivity index (χ1n) is 5.55. The van der Waals surface area contributed by atoms with Crippen molar-refractivity contribution < 1.29 is 4.39 Å². The Morgan fingerprint density at radius 3 is 2.83 bits per heavy atom. The van der Waals surface area contributed by atoms with Crippen LogP contribution >= 0.6 is 0 Å². The quantitative estimate of drug-likeness (QED) is 0.606. The van der Waals surface area contributed by atoms with Crippen molar-refractivity contribution in [3.63, 3.8) is 0 Å². The second-order valence-corrected chi connectivity index (χ2v) is 4.13. The van der Waals surface area contributed by atoms with E-state index in [9.17, 15) is 4.39 Å². The van der Waals surface area contributed by atoms with Gasteiger partial charge in [0.25, 0.3) is 0 Å². The smallest absolute Gasteiger partial charge is 0.176 e. The predicted octanol–water partition coefficient (Wildman–Crippen LogP) is 0.405. The summed E-state index contributed by atoms with van der Waals surface area (Å²) >= 11 is 0. The highest BCUT2D eigenvalue weighted by Gasteiger charge is 2.14. The molecule has 0 saturated carbocycles. The molecule has 1 heterocycles. The Hall–Kier alpha value is -1.86. The minimum atomic E-state index is -0.229. The van der Waals surface area contributed by atoms with Gasteiger partial charge in [0.2, 0.25) is 0 Å². The summed E-state index contributed by atoms with van der Waals surface area (Å²) in [5, 5.41) is 11.7. The lowest BCUT2D eigenvalue weighted by Crippen LogP contribution is -2.30. The number of rotatable bonds is 4. The summed E-state index contributed by atoms with van der Waals surface area (Å²) in [7, 11) is 1.70. The van der Waals surface area contributed by atoms with Gasteiger partial charge in [-0.25, -0.2) is 4.39 Å². The lowest BCUT2D eigenvalue weighted by atomic mass is 10.0. The summed E-state index contributed by atoms with van der Waals surface area (Å²) in [6.45, 7) is 1.72. The van der Waals surface area contributed by atoms with Crippen LogP contribution < -0.4 is 11.3 Å². The first-order chi connectivity index (χ1) is 8.60. The molecular weight excluding hydrogens is 235 g/mol. The van der Waals surface area contributed by atoms with E-state index in [1.165, 1.54) is 10.9 Å². The molecule has 0 bridgehead atoms. The van der Waals surface area contributed by atoms with Crippen molar-refractivity contribution in [2.45, 2.75) is 19.4 Å². The van der Waals surface area contributed by atoms with Crippen LogP contribution in [-0.4, -0.2) is 20.2 Å². The van der Waals surface area contributed by atoms with Gasteiger partial charge < -0.3 is 0 Å². The van der Waals surface area contributed by atoms with E-state index in [4.69, 9.17) is 5.84 Å². The lowest BCUT2D eigenvalue weighted by Gasteiger charge is -2.15. The van der Waals surface area contributed by atoms with Crippen LogP contribution in [0.15, 0.2) is 18.2 Å². The second-order valence-electron chi connectivity index (χ2n) is 4.13. The van der Waals surface area contributed by atoms with Crippen molar-refractivity contribution in [3.8, 4) is 0 Å². The third kappa shape index (κ3) is 2.69. The molecule has 1 aromatic heterocycles. The number of nitrogens with zero attached hydrogens (tertiary/aromatic N) is 4. The SMILES string of the molecule is Cc1cc(C(Cc2nnn(C)n2)NN)ccc1F. The fraction of sp³-hybridized carbons (Fsp3) is 0.364. The van der Waals surface area contributed by atoms with E-state index in [0.717, 1.165) is 5.56 Å². The van der Waals surface area contributed by atoms with Crippen molar-refractivity contribution >= 4 is 0 Å². The molecule has 0 spiro atoms. The van der Waals surface area contributed by atoms with Crippen LogP contribution in [0, 0.1) is 12.7 Å². The number of tetrazole rings is 1. The lowest BCUT2D eigenvalue weighted by molar-refractivity contribution is 0.533. The van der Waals surface area contributed by atoms with Gasteiger partial charge in [-0.2, -0.15) is 4.80 Å². The van der Waals surface area contributed by atoms with Crippen molar-refractivity contribution in [2.24, 2.45) is 12.9 Å². The van der Waals surface area contributed by atoms with E-state index in [-0.39, 0.29) is 11.9 Å². The molecule has 1 unspecified atom stereocenters. The number of aryl methyl sites for hydroxylation is 2. The van der Waals surface area contributed by atoms with Crippen molar-refractivity contribution in [3.05, 3.63) is 41.0 Å². The number of aromatic nitrogens is 4. The molecule has 1 atom stereocenters. The zero-order valence-electron chi connectivity index (χ0n) is 10.3. The molecule has 0 amide bonds. The number of hydrogen-bond acceptors (Lipinski definition) is 5. The fourth-order valence-electron chi connectivity index (χ4n) is 1.75. The monoisotopic (exact) mass is 250 g/mol. The summed E-state index contributed by atoms with van der Waals surface area (Å²) in [5.41, 5.74) is 4.16. The standard InChI is InChI=1S/C11H15FN6/c1-7-5-8(3-4-9(7)12)10(14-13)6-11-15-17-18(2)16-11/h3-5,10,14H,6,13H2,1-2H3. The Bertz CT molecular complexity index is 538. The van der Waals surface area contributed by atoms with Gasteiger partial charge in [0.15, 0.2) is 5.82 Å². The molecule has 0 aliphatic rings. The zero-order valence-corrected chi connectivity index (χ0v) is 10.3. The molecule has 0 fully saturated rings. The average molecular weight is 250 g/mol. The number of nitrogens with two attached hydrogens (primary N) is 1. The highest BCUT2D eigenvalue weighted by molar-refractivity contribution is 5.27. The van der Waals surface area contributed by atoms with Crippen molar-refractivity contribution in [1.82, 2.24) is 25.6 Å². The van der Waals surface area contributed by atoms with Gasteiger partial charge >= 0.3 is 0 Å². The van der Waals surface area contributed by atoms with Gasteiger partial charge in [-0.1, -0.05) is 12.1 Å². The summed E-state index contributed by atoms with van der Waals surface area (Å²) in [6.07, 6.45) is 0.495. The second kappa shape index (κ2) is 5.19. The topological polar surface area (TPSA) is 81.7 Å². The van der Waals surface area contributed by atoms with E-state index in [2.05, 4.69) is 20.8 Å². The summed E-state index contributed by atoms with van der Waals surface area (Å²) in [5.74, 6) is 5.88. The first kappa shape index (κ1) is 12.6. The van der Waals surface area contributed by atoms with Crippen molar-refractivity contribution in [2.75, 3.05) is 0 Å². The Morgan fingerprint density at radius 1 is 1.50 bits per heavy atom. The summed E-state index contributed by atoms with van der Waals surface area (Å²) in [6, 6.07) is 4.71. The van der Waals surface area contributed by atoms with E-state index in [0.29, 0.717) is 17.8 Å². The number of hydrazine groups is 1. The first-order valence-corrected chi connectivity index (χ1v) is 5.55. The summed E-state index contributed by atoms with van der Waals surface area (Å²) in [4.78, 5) is 1.39. The third-order valence-corrected chi connectivity index (χ3v) is 2.72. The number of nitrogens with one attached hydrogen (secondary N) is 1. The van der Waals surface area contributed by atoms with Crippen molar-refractivity contribution in [1.29, 1.82) is 0 Å². The van der Waals surface area contributed by atoms with Crippen LogP contribution in [0.2, 0.25) is 0 Å². The zero-order chi connectivity index (χ0) is 13.1. The molecule has 0 aliphatic carbocycles. The molecule has 6 nitrogen and oxygen atoms in total. The van der Waals surface area contributed by atoms with Crippen LogP contribution in [0.25, 0.3) is 0 Å². The van der Waals surface area contributed by atoms with Crippen LogP contribution in [0.3, 0.4) is 0 Å². The Labute approximate surface area is 104 Å². The Morgan fingerprint density at radius 2 is 2.28 bits per heavy atom. The predicted molar refractivity (Wildman–Crippen MR) is 63.7 cm³/mol. The fourth-order valence-corrected chi connectivity index (χ4v) is 1.75. The van der Waals surface area contributed by atoms with Crippen LogP contribution in [0.1, 0.15) is 23.0 Å². The van der Waals surface area contributed by atoms with Gasteiger partial charge in [0, 0.05) is 6.42 Å². The number of benzene rings is 1. The molecule has 0 saturated heterocycles. The third-order valence-electron chi connectivity index (χ3n) is 2.72. The average Bonchev–Trinajstić information content (AvgIpc) is 2.75. The number of halogens is 1. The maximum absolute atomic E-state index is 13.2. The normalized spacial score (nSPS) is 12.7. The van der Waals surface area contributed by atoms with Crippen LogP contribution in [0.5, 0.6) is 0 Å². The van der Waals surface area contributed by atoms with E-state index in [1.807, 2.05) is 0 Å².